The predicted molar refractivity (Wildman–Crippen MR) is 72.4 cm³/mol. The molecule has 0 fully saturated rings. The molecule has 0 saturated heterocycles. The second-order valence-corrected chi connectivity index (χ2v) is 3.81. The van der Waals surface area contributed by atoms with E-state index in [4.69, 9.17) is 25.4 Å². The minimum Gasteiger partial charge on any atom is -0.493 e. The molecule has 0 radical (unpaired) electrons. The minimum atomic E-state index is -0.111. The highest BCUT2D eigenvalue weighted by Gasteiger charge is 2.18. The van der Waals surface area contributed by atoms with Gasteiger partial charge in [0.2, 0.25) is 5.75 Å². The number of aromatic nitrogens is 1. The van der Waals surface area contributed by atoms with Gasteiger partial charge >= 0.3 is 0 Å². The summed E-state index contributed by atoms with van der Waals surface area (Å²) in [6, 6.07) is 3.52. The van der Waals surface area contributed by atoms with E-state index in [0.717, 1.165) is 5.39 Å². The Kier molecular flexibility index (Phi) is 3.41. The fraction of sp³-hybridized carbons (Fsp3) is 0.231. The van der Waals surface area contributed by atoms with Crippen LogP contribution >= 0.6 is 0 Å². The monoisotopic (exact) mass is 261 g/mol. The summed E-state index contributed by atoms with van der Waals surface area (Å²) in [7, 11) is 4.62. The van der Waals surface area contributed by atoms with E-state index in [1.165, 1.54) is 7.11 Å². The summed E-state index contributed by atoms with van der Waals surface area (Å²) >= 11 is 0. The molecule has 0 aliphatic heterocycles. The minimum absolute atomic E-state index is 0.111. The van der Waals surface area contributed by atoms with Gasteiger partial charge in [-0.05, 0) is 12.1 Å². The van der Waals surface area contributed by atoms with Gasteiger partial charge in [0, 0.05) is 17.0 Å². The molecule has 1 aromatic carbocycles. The summed E-state index contributed by atoms with van der Waals surface area (Å²) < 4.78 is 16.0. The number of methoxy groups -OCH3 is 3. The number of nitrogens with two attached hydrogens (primary N) is 1. The van der Waals surface area contributed by atoms with Crippen LogP contribution in [0.15, 0.2) is 18.3 Å². The molecule has 6 heteroatoms. The van der Waals surface area contributed by atoms with Crippen LogP contribution in [0.1, 0.15) is 5.69 Å². The number of ether oxygens (including phenoxy) is 3. The molecule has 0 spiro atoms. The van der Waals surface area contributed by atoms with Crippen LogP contribution in [-0.4, -0.2) is 32.1 Å². The fourth-order valence-electron chi connectivity index (χ4n) is 2.01. The van der Waals surface area contributed by atoms with E-state index >= 15 is 0 Å². The lowest BCUT2D eigenvalue weighted by atomic mass is 10.1. The largest absolute Gasteiger partial charge is 0.493 e. The smallest absolute Gasteiger partial charge is 0.203 e. The highest BCUT2D eigenvalue weighted by atomic mass is 16.5. The van der Waals surface area contributed by atoms with E-state index in [9.17, 15) is 0 Å². The molecule has 19 heavy (non-hydrogen) atoms. The number of hydrogen-bond acceptors (Lipinski definition) is 5. The summed E-state index contributed by atoms with van der Waals surface area (Å²) in [5.74, 6) is 1.42. The van der Waals surface area contributed by atoms with Crippen molar-refractivity contribution in [2.45, 2.75) is 0 Å². The fourth-order valence-corrected chi connectivity index (χ4v) is 2.01. The van der Waals surface area contributed by atoms with Gasteiger partial charge in [-0.1, -0.05) is 0 Å². The first-order valence-electron chi connectivity index (χ1n) is 5.56. The zero-order valence-corrected chi connectivity index (χ0v) is 11.0. The first kappa shape index (κ1) is 12.9. The maximum absolute atomic E-state index is 7.57. The molecule has 2 aromatic rings. The van der Waals surface area contributed by atoms with Crippen LogP contribution in [0.4, 0.5) is 0 Å². The van der Waals surface area contributed by atoms with Gasteiger partial charge in [-0.3, -0.25) is 10.4 Å². The van der Waals surface area contributed by atoms with Crippen LogP contribution in [0, 0.1) is 5.41 Å². The molecule has 3 N–H and O–H groups in total. The highest BCUT2D eigenvalue weighted by molar-refractivity contribution is 6.08. The van der Waals surface area contributed by atoms with E-state index in [0.29, 0.717) is 28.3 Å². The molecule has 0 bridgehead atoms. The maximum atomic E-state index is 7.57. The summed E-state index contributed by atoms with van der Waals surface area (Å²) in [6.45, 7) is 0. The van der Waals surface area contributed by atoms with Crippen molar-refractivity contribution >= 4 is 16.6 Å². The molecule has 100 valence electrons. The molecule has 0 saturated carbocycles. The molecule has 1 heterocycles. The van der Waals surface area contributed by atoms with Crippen molar-refractivity contribution in [1.82, 2.24) is 4.98 Å². The predicted octanol–water partition coefficient (Wildman–Crippen LogP) is 1.54. The number of benzene rings is 1. The molecular weight excluding hydrogens is 246 g/mol. The first-order valence-corrected chi connectivity index (χ1v) is 5.56. The molecule has 1 aromatic heterocycles. The number of nitrogens with one attached hydrogen (secondary N) is 1. The maximum Gasteiger partial charge on any atom is 0.203 e. The number of rotatable bonds is 4. The van der Waals surface area contributed by atoms with Gasteiger partial charge in [0.1, 0.15) is 11.5 Å². The lowest BCUT2D eigenvalue weighted by molar-refractivity contribution is 0.327. The van der Waals surface area contributed by atoms with Gasteiger partial charge in [0.15, 0.2) is 11.5 Å². The number of nitrogens with zero attached hydrogens (tertiary/aromatic N) is 1. The Morgan fingerprint density at radius 1 is 1.11 bits per heavy atom. The van der Waals surface area contributed by atoms with Gasteiger partial charge in [-0.2, -0.15) is 0 Å². The van der Waals surface area contributed by atoms with Crippen molar-refractivity contribution in [2.24, 2.45) is 5.73 Å². The van der Waals surface area contributed by atoms with Crippen molar-refractivity contribution < 1.29 is 14.2 Å². The zero-order valence-electron chi connectivity index (χ0n) is 11.0. The number of fused-ring (bicyclic) bond motifs is 1. The summed E-state index contributed by atoms with van der Waals surface area (Å²) in [4.78, 5) is 4.11. The van der Waals surface area contributed by atoms with Gasteiger partial charge in [0.05, 0.1) is 21.3 Å². The second kappa shape index (κ2) is 5.01. The van der Waals surface area contributed by atoms with E-state index in [-0.39, 0.29) is 5.84 Å². The van der Waals surface area contributed by atoms with Crippen molar-refractivity contribution in [1.29, 1.82) is 5.41 Å². The van der Waals surface area contributed by atoms with Gasteiger partial charge in [-0.15, -0.1) is 0 Å². The second-order valence-electron chi connectivity index (χ2n) is 3.81. The summed E-state index contributed by atoms with van der Waals surface area (Å²) in [5.41, 5.74) is 5.93. The topological polar surface area (TPSA) is 90.5 Å². The average molecular weight is 261 g/mol. The van der Waals surface area contributed by atoms with Gasteiger partial charge < -0.3 is 19.9 Å². The van der Waals surface area contributed by atoms with Crippen molar-refractivity contribution in [3.8, 4) is 17.2 Å². The van der Waals surface area contributed by atoms with Crippen LogP contribution in [0.5, 0.6) is 17.2 Å². The lowest BCUT2D eigenvalue weighted by Crippen LogP contribution is -2.13. The van der Waals surface area contributed by atoms with E-state index in [1.54, 1.807) is 32.5 Å². The molecule has 0 aliphatic rings. The van der Waals surface area contributed by atoms with Gasteiger partial charge in [0.25, 0.3) is 0 Å². The Morgan fingerprint density at radius 3 is 2.32 bits per heavy atom. The zero-order chi connectivity index (χ0) is 14.0. The molecule has 0 aliphatic carbocycles. The number of nitrogen functional groups attached to an aromatic ring is 1. The van der Waals surface area contributed by atoms with Crippen LogP contribution < -0.4 is 19.9 Å². The third-order valence-corrected chi connectivity index (χ3v) is 2.82. The molecule has 0 amide bonds. The third kappa shape index (κ3) is 2.01. The molecule has 0 atom stereocenters. The Hall–Kier alpha value is -2.50. The van der Waals surface area contributed by atoms with E-state index < -0.39 is 0 Å². The highest BCUT2D eigenvalue weighted by Crippen LogP contribution is 2.43. The summed E-state index contributed by atoms with van der Waals surface area (Å²) in [6.07, 6.45) is 1.58. The SMILES string of the molecule is COc1cc2c(C(=N)N)nccc2c(OC)c1OC. The quantitative estimate of drug-likeness (QED) is 0.643. The standard InChI is InChI=1S/C13H15N3O3/c1-17-9-6-8-7(11(18-2)12(9)19-3)4-5-16-10(8)13(14)15/h4-6H,1-3H3,(H3,14,15). The molecule has 6 nitrogen and oxygen atoms in total. The van der Waals surface area contributed by atoms with Crippen LogP contribution in [0.2, 0.25) is 0 Å². The van der Waals surface area contributed by atoms with Crippen LogP contribution in [-0.2, 0) is 0 Å². The lowest BCUT2D eigenvalue weighted by Gasteiger charge is -2.15. The van der Waals surface area contributed by atoms with Crippen LogP contribution in [0.3, 0.4) is 0 Å². The Labute approximate surface area is 110 Å². The number of amidine groups is 1. The summed E-state index contributed by atoms with van der Waals surface area (Å²) in [5, 5.41) is 9.02. The molecular formula is C13H15N3O3. The van der Waals surface area contributed by atoms with Crippen molar-refractivity contribution in [3.05, 3.63) is 24.0 Å². The Bertz CT molecular complexity index is 641. The van der Waals surface area contributed by atoms with Crippen molar-refractivity contribution in [2.75, 3.05) is 21.3 Å². The van der Waals surface area contributed by atoms with E-state index in [1.807, 2.05) is 0 Å². The average Bonchev–Trinajstić information content (AvgIpc) is 2.43. The van der Waals surface area contributed by atoms with E-state index in [2.05, 4.69) is 4.98 Å². The first-order chi connectivity index (χ1) is 9.13. The normalized spacial score (nSPS) is 10.3. The van der Waals surface area contributed by atoms with Crippen LogP contribution in [0.25, 0.3) is 10.8 Å². The number of pyridine rings is 1. The number of hydrogen-bond donors (Lipinski definition) is 2. The Balaban J connectivity index is 2.92. The Morgan fingerprint density at radius 2 is 1.79 bits per heavy atom. The van der Waals surface area contributed by atoms with Gasteiger partial charge in [-0.25, -0.2) is 0 Å². The molecule has 2 rings (SSSR count). The van der Waals surface area contributed by atoms with Crippen molar-refractivity contribution in [3.63, 3.8) is 0 Å². The third-order valence-electron chi connectivity index (χ3n) is 2.82. The molecule has 0 unspecified atom stereocenters.